The summed E-state index contributed by atoms with van der Waals surface area (Å²) in [6.07, 6.45) is 5.45. The summed E-state index contributed by atoms with van der Waals surface area (Å²) >= 11 is 0. The highest BCUT2D eigenvalue weighted by Gasteiger charge is 2.27. The molecule has 1 atom stereocenters. The molecule has 6 nitrogen and oxygen atoms in total. The van der Waals surface area contributed by atoms with Crippen LogP contribution in [0.4, 0.5) is 0 Å². The zero-order valence-electron chi connectivity index (χ0n) is 17.8. The third kappa shape index (κ3) is 4.97. The number of nitrogens with zero attached hydrogens (tertiary/aromatic N) is 2. The second kappa shape index (κ2) is 9.61. The highest BCUT2D eigenvalue weighted by atomic mass is 16.5. The molecule has 1 N–H and O–H groups in total. The molecule has 0 aromatic heterocycles. The first-order chi connectivity index (χ1) is 13.5. The van der Waals surface area contributed by atoms with Crippen molar-refractivity contribution in [3.63, 3.8) is 0 Å². The summed E-state index contributed by atoms with van der Waals surface area (Å²) in [6, 6.07) is 4.62. The number of rotatable bonds is 7. The largest absolute Gasteiger partial charge is 0.493 e. The lowest BCUT2D eigenvalue weighted by Gasteiger charge is -2.37. The third-order valence-electron chi connectivity index (χ3n) is 6.23. The second-order valence-electron chi connectivity index (χ2n) is 8.10. The summed E-state index contributed by atoms with van der Waals surface area (Å²) in [7, 11) is 3.26. The number of methoxy groups -OCH3 is 2. The van der Waals surface area contributed by atoms with E-state index in [-0.39, 0.29) is 11.9 Å². The molecule has 2 aliphatic rings. The van der Waals surface area contributed by atoms with Crippen LogP contribution < -0.4 is 14.8 Å². The van der Waals surface area contributed by atoms with Gasteiger partial charge in [-0.15, -0.1) is 0 Å². The number of ether oxygens (including phenoxy) is 2. The number of aryl methyl sites for hydroxylation is 1. The van der Waals surface area contributed by atoms with Crippen molar-refractivity contribution in [2.45, 2.75) is 51.6 Å². The van der Waals surface area contributed by atoms with Crippen molar-refractivity contribution in [2.75, 3.05) is 46.9 Å². The number of hydrogen-bond donors (Lipinski definition) is 1. The Labute approximate surface area is 169 Å². The van der Waals surface area contributed by atoms with E-state index in [1.54, 1.807) is 14.2 Å². The summed E-state index contributed by atoms with van der Waals surface area (Å²) in [6.45, 7) is 8.65. The third-order valence-corrected chi connectivity index (χ3v) is 6.23. The molecule has 1 aliphatic carbocycles. The lowest BCUT2D eigenvalue weighted by Crippen LogP contribution is -2.52. The minimum absolute atomic E-state index is 0.0768. The predicted molar refractivity (Wildman–Crippen MR) is 111 cm³/mol. The van der Waals surface area contributed by atoms with Gasteiger partial charge in [-0.1, -0.05) is 12.8 Å². The normalized spacial score (nSPS) is 20.1. The van der Waals surface area contributed by atoms with Crippen molar-refractivity contribution < 1.29 is 14.3 Å². The Balaban J connectivity index is 1.51. The maximum absolute atomic E-state index is 12.6. The SMILES string of the molecule is COc1cc(C)c(C(C)NC(=O)CN2CCN(C3CCCC3)CC2)cc1OC. The van der Waals surface area contributed by atoms with Crippen molar-refractivity contribution in [3.05, 3.63) is 23.3 Å². The maximum atomic E-state index is 12.6. The number of benzene rings is 1. The van der Waals surface area contributed by atoms with E-state index in [4.69, 9.17) is 9.47 Å². The Morgan fingerprint density at radius 2 is 1.71 bits per heavy atom. The Hall–Kier alpha value is -1.79. The molecule has 1 heterocycles. The van der Waals surface area contributed by atoms with Gasteiger partial charge in [0.15, 0.2) is 11.5 Å². The van der Waals surface area contributed by atoms with Crippen LogP contribution in [0.15, 0.2) is 12.1 Å². The molecular weight excluding hydrogens is 354 g/mol. The van der Waals surface area contributed by atoms with E-state index < -0.39 is 0 Å². The lowest BCUT2D eigenvalue weighted by atomic mass is 10.0. The minimum atomic E-state index is -0.0768. The molecule has 1 aromatic rings. The molecule has 1 aromatic carbocycles. The standard InChI is InChI=1S/C22H35N3O3/c1-16-13-20(27-3)21(28-4)14-19(16)17(2)23-22(26)15-24-9-11-25(12-10-24)18-7-5-6-8-18/h13-14,17-18H,5-12,15H2,1-4H3,(H,23,26). The molecule has 3 rings (SSSR count). The molecule has 1 amide bonds. The summed E-state index contributed by atoms with van der Waals surface area (Å²) in [4.78, 5) is 17.5. The van der Waals surface area contributed by atoms with Crippen LogP contribution in [-0.4, -0.2) is 68.7 Å². The molecule has 1 unspecified atom stereocenters. The van der Waals surface area contributed by atoms with Crippen LogP contribution >= 0.6 is 0 Å². The lowest BCUT2D eigenvalue weighted by molar-refractivity contribution is -0.123. The van der Waals surface area contributed by atoms with Crippen LogP contribution in [0.1, 0.15) is 49.8 Å². The van der Waals surface area contributed by atoms with Gasteiger partial charge < -0.3 is 14.8 Å². The number of carbonyl (C=O) groups excluding carboxylic acids is 1. The quantitative estimate of drug-likeness (QED) is 0.777. The molecule has 156 valence electrons. The summed E-state index contributed by atoms with van der Waals surface area (Å²) in [5.41, 5.74) is 2.13. The van der Waals surface area contributed by atoms with E-state index in [9.17, 15) is 4.79 Å². The van der Waals surface area contributed by atoms with Gasteiger partial charge in [-0.2, -0.15) is 0 Å². The first-order valence-electron chi connectivity index (χ1n) is 10.5. The Bertz CT molecular complexity index is 665. The van der Waals surface area contributed by atoms with Gasteiger partial charge in [-0.05, 0) is 49.9 Å². The molecule has 6 heteroatoms. The fourth-order valence-electron chi connectivity index (χ4n) is 4.59. The van der Waals surface area contributed by atoms with Gasteiger partial charge in [0.25, 0.3) is 0 Å². The highest BCUT2D eigenvalue weighted by Crippen LogP contribution is 2.32. The first-order valence-corrected chi connectivity index (χ1v) is 10.5. The average Bonchev–Trinajstić information content (AvgIpc) is 3.22. The van der Waals surface area contributed by atoms with Crippen LogP contribution in [0.25, 0.3) is 0 Å². The predicted octanol–water partition coefficient (Wildman–Crippen LogP) is 2.75. The average molecular weight is 390 g/mol. The highest BCUT2D eigenvalue weighted by molar-refractivity contribution is 5.78. The van der Waals surface area contributed by atoms with Gasteiger partial charge in [0.2, 0.25) is 5.91 Å². The van der Waals surface area contributed by atoms with Crippen LogP contribution in [0, 0.1) is 6.92 Å². The van der Waals surface area contributed by atoms with E-state index in [0.29, 0.717) is 18.0 Å². The van der Waals surface area contributed by atoms with E-state index in [2.05, 4.69) is 15.1 Å². The van der Waals surface area contributed by atoms with Crippen LogP contribution in [0.5, 0.6) is 11.5 Å². The van der Waals surface area contributed by atoms with Crippen LogP contribution in [-0.2, 0) is 4.79 Å². The monoisotopic (exact) mass is 389 g/mol. The number of carbonyl (C=O) groups is 1. The number of piperazine rings is 1. The van der Waals surface area contributed by atoms with Gasteiger partial charge in [0, 0.05) is 32.2 Å². The van der Waals surface area contributed by atoms with Crippen molar-refractivity contribution in [1.29, 1.82) is 0 Å². The van der Waals surface area contributed by atoms with E-state index in [1.807, 2.05) is 26.0 Å². The topological polar surface area (TPSA) is 54.0 Å². The van der Waals surface area contributed by atoms with Crippen molar-refractivity contribution in [3.8, 4) is 11.5 Å². The molecule has 1 saturated carbocycles. The summed E-state index contributed by atoms with van der Waals surface area (Å²) in [5, 5.41) is 3.15. The molecule has 0 spiro atoms. The van der Waals surface area contributed by atoms with Gasteiger partial charge in [0.1, 0.15) is 0 Å². The number of hydrogen-bond acceptors (Lipinski definition) is 5. The zero-order valence-corrected chi connectivity index (χ0v) is 17.8. The minimum Gasteiger partial charge on any atom is -0.493 e. The van der Waals surface area contributed by atoms with Gasteiger partial charge in [-0.25, -0.2) is 0 Å². The Morgan fingerprint density at radius 1 is 1.11 bits per heavy atom. The van der Waals surface area contributed by atoms with E-state index >= 15 is 0 Å². The Morgan fingerprint density at radius 3 is 2.32 bits per heavy atom. The smallest absolute Gasteiger partial charge is 0.234 e. The van der Waals surface area contributed by atoms with Crippen LogP contribution in [0.3, 0.4) is 0 Å². The molecular formula is C22H35N3O3. The maximum Gasteiger partial charge on any atom is 0.234 e. The van der Waals surface area contributed by atoms with E-state index in [1.165, 1.54) is 25.7 Å². The number of amides is 1. The molecule has 1 aliphatic heterocycles. The number of nitrogens with one attached hydrogen (secondary N) is 1. The van der Waals surface area contributed by atoms with Gasteiger partial charge in [-0.3, -0.25) is 14.6 Å². The molecule has 28 heavy (non-hydrogen) atoms. The fraction of sp³-hybridized carbons (Fsp3) is 0.682. The summed E-state index contributed by atoms with van der Waals surface area (Å²) in [5.74, 6) is 1.48. The fourth-order valence-corrected chi connectivity index (χ4v) is 4.59. The van der Waals surface area contributed by atoms with Crippen molar-refractivity contribution in [2.24, 2.45) is 0 Å². The van der Waals surface area contributed by atoms with Crippen molar-refractivity contribution in [1.82, 2.24) is 15.1 Å². The van der Waals surface area contributed by atoms with Crippen LogP contribution in [0.2, 0.25) is 0 Å². The molecule has 1 saturated heterocycles. The zero-order chi connectivity index (χ0) is 20.1. The Kier molecular flexibility index (Phi) is 7.18. The van der Waals surface area contributed by atoms with Gasteiger partial charge >= 0.3 is 0 Å². The van der Waals surface area contributed by atoms with Crippen molar-refractivity contribution >= 4 is 5.91 Å². The second-order valence-corrected chi connectivity index (χ2v) is 8.10. The molecule has 0 radical (unpaired) electrons. The molecule has 0 bridgehead atoms. The first kappa shape index (κ1) is 20.9. The van der Waals surface area contributed by atoms with E-state index in [0.717, 1.165) is 43.3 Å². The molecule has 2 fully saturated rings. The van der Waals surface area contributed by atoms with Gasteiger partial charge in [0.05, 0.1) is 26.8 Å². The summed E-state index contributed by atoms with van der Waals surface area (Å²) < 4.78 is 10.8.